The van der Waals surface area contributed by atoms with Gasteiger partial charge in [0.25, 0.3) is 0 Å². The Hall–Kier alpha value is -0.570. The van der Waals surface area contributed by atoms with Crippen LogP contribution in [0.5, 0.6) is 0 Å². The summed E-state index contributed by atoms with van der Waals surface area (Å²) < 4.78 is 4.74. The minimum absolute atomic E-state index is 0.0295. The molecule has 0 radical (unpaired) electrons. The summed E-state index contributed by atoms with van der Waals surface area (Å²) in [6, 6.07) is 0.552. The molecule has 1 aliphatic heterocycles. The second-order valence-corrected chi connectivity index (χ2v) is 4.13. The zero-order valence-electron chi connectivity index (χ0n) is 8.08. The molecule has 0 unspecified atom stereocenters. The normalized spacial score (nSPS) is 38.4. The summed E-state index contributed by atoms with van der Waals surface area (Å²) in [7, 11) is 1.46. The van der Waals surface area contributed by atoms with Crippen molar-refractivity contribution in [3.8, 4) is 0 Å². The lowest BCUT2D eigenvalue weighted by Crippen LogP contribution is -2.37. The number of methoxy groups -OCH3 is 1. The summed E-state index contributed by atoms with van der Waals surface area (Å²) in [5.41, 5.74) is 0. The van der Waals surface area contributed by atoms with Crippen molar-refractivity contribution in [1.29, 1.82) is 0 Å². The highest BCUT2D eigenvalue weighted by Crippen LogP contribution is 2.33. The zero-order chi connectivity index (χ0) is 9.26. The first-order valence-corrected chi connectivity index (χ1v) is 5.15. The molecule has 74 valence electrons. The number of esters is 1. The lowest BCUT2D eigenvalue weighted by atomic mass is 9.85. The lowest BCUT2D eigenvalue weighted by molar-refractivity contribution is -0.142. The Morgan fingerprint density at radius 3 is 2.85 bits per heavy atom. The molecule has 3 heteroatoms. The van der Waals surface area contributed by atoms with Crippen molar-refractivity contribution >= 4 is 5.97 Å². The summed E-state index contributed by atoms with van der Waals surface area (Å²) in [5.74, 6) is 0.632. The third-order valence-electron chi connectivity index (χ3n) is 3.35. The molecule has 3 nitrogen and oxygen atoms in total. The zero-order valence-corrected chi connectivity index (χ0v) is 8.08. The van der Waals surface area contributed by atoms with Gasteiger partial charge < -0.3 is 10.1 Å². The Kier molecular flexibility index (Phi) is 2.54. The highest BCUT2D eigenvalue weighted by atomic mass is 16.5. The largest absolute Gasteiger partial charge is 0.468 e. The molecule has 3 atom stereocenters. The van der Waals surface area contributed by atoms with Crippen LogP contribution in [0.15, 0.2) is 0 Å². The van der Waals surface area contributed by atoms with E-state index in [1.54, 1.807) is 0 Å². The van der Waals surface area contributed by atoms with E-state index in [1.807, 2.05) is 0 Å². The molecule has 0 aromatic rings. The third kappa shape index (κ3) is 1.70. The van der Waals surface area contributed by atoms with Crippen LogP contribution < -0.4 is 5.32 Å². The smallest absolute Gasteiger partial charge is 0.322 e. The highest BCUT2D eigenvalue weighted by molar-refractivity contribution is 5.76. The van der Waals surface area contributed by atoms with Crippen molar-refractivity contribution in [1.82, 2.24) is 5.32 Å². The molecule has 0 amide bonds. The second kappa shape index (κ2) is 3.66. The van der Waals surface area contributed by atoms with Crippen molar-refractivity contribution in [3.63, 3.8) is 0 Å². The number of fused-ring (bicyclic) bond motifs is 1. The first-order valence-electron chi connectivity index (χ1n) is 5.15. The Labute approximate surface area is 78.8 Å². The van der Waals surface area contributed by atoms with Crippen molar-refractivity contribution in [3.05, 3.63) is 0 Å². The molecule has 1 saturated heterocycles. The average molecular weight is 183 g/mol. The van der Waals surface area contributed by atoms with Gasteiger partial charge in [-0.2, -0.15) is 0 Å². The first-order chi connectivity index (χ1) is 6.31. The van der Waals surface area contributed by atoms with Crippen LogP contribution in [0.2, 0.25) is 0 Å². The predicted octanol–water partition coefficient (Wildman–Crippen LogP) is 1.08. The van der Waals surface area contributed by atoms with Gasteiger partial charge in [0.2, 0.25) is 0 Å². The minimum Gasteiger partial charge on any atom is -0.468 e. The predicted molar refractivity (Wildman–Crippen MR) is 49.3 cm³/mol. The molecular weight excluding hydrogens is 166 g/mol. The number of ether oxygens (including phenoxy) is 1. The molecule has 2 aliphatic rings. The van der Waals surface area contributed by atoms with Gasteiger partial charge in [-0.15, -0.1) is 0 Å². The standard InChI is InChI=1S/C10H17NO2/c1-13-10(12)9-6-7-4-2-3-5-8(7)11-9/h7-9,11H,2-6H2,1H3/t7-,8-,9+/m0/s1. The maximum Gasteiger partial charge on any atom is 0.322 e. The van der Waals surface area contributed by atoms with Gasteiger partial charge in [0.1, 0.15) is 6.04 Å². The quantitative estimate of drug-likeness (QED) is 0.618. The summed E-state index contributed by atoms with van der Waals surface area (Å²) in [6.45, 7) is 0. The van der Waals surface area contributed by atoms with E-state index in [0.29, 0.717) is 6.04 Å². The van der Waals surface area contributed by atoms with E-state index in [0.717, 1.165) is 12.3 Å². The molecule has 2 fully saturated rings. The van der Waals surface area contributed by atoms with Crippen LogP contribution in [0.25, 0.3) is 0 Å². The Bertz CT molecular complexity index is 191. The average Bonchev–Trinajstić information content (AvgIpc) is 2.59. The lowest BCUT2D eigenvalue weighted by Gasteiger charge is -2.24. The SMILES string of the molecule is COC(=O)[C@H]1C[C@@H]2CCCC[C@@H]2N1. The summed E-state index contributed by atoms with van der Waals surface area (Å²) in [6.07, 6.45) is 6.14. The van der Waals surface area contributed by atoms with Crippen LogP contribution in [0.3, 0.4) is 0 Å². The number of hydrogen-bond acceptors (Lipinski definition) is 3. The molecule has 0 bridgehead atoms. The van der Waals surface area contributed by atoms with Crippen molar-refractivity contribution < 1.29 is 9.53 Å². The van der Waals surface area contributed by atoms with E-state index in [2.05, 4.69) is 5.32 Å². The number of carbonyl (C=O) groups excluding carboxylic acids is 1. The molecule has 1 aliphatic carbocycles. The molecule has 1 heterocycles. The Morgan fingerprint density at radius 2 is 2.15 bits per heavy atom. The van der Waals surface area contributed by atoms with Gasteiger partial charge in [0.15, 0.2) is 0 Å². The second-order valence-electron chi connectivity index (χ2n) is 4.13. The van der Waals surface area contributed by atoms with Crippen LogP contribution in [0.4, 0.5) is 0 Å². The van der Waals surface area contributed by atoms with Crippen LogP contribution >= 0.6 is 0 Å². The van der Waals surface area contributed by atoms with Crippen molar-refractivity contribution in [2.75, 3.05) is 7.11 Å². The summed E-state index contributed by atoms with van der Waals surface area (Å²) >= 11 is 0. The van der Waals surface area contributed by atoms with Crippen molar-refractivity contribution in [2.24, 2.45) is 5.92 Å². The maximum absolute atomic E-state index is 11.3. The van der Waals surface area contributed by atoms with E-state index in [4.69, 9.17) is 4.74 Å². The van der Waals surface area contributed by atoms with E-state index >= 15 is 0 Å². The van der Waals surface area contributed by atoms with Crippen LogP contribution in [-0.4, -0.2) is 25.2 Å². The molecule has 0 aromatic carbocycles. The van der Waals surface area contributed by atoms with Gasteiger partial charge >= 0.3 is 5.97 Å². The van der Waals surface area contributed by atoms with E-state index in [9.17, 15) is 4.79 Å². The van der Waals surface area contributed by atoms with Crippen LogP contribution in [0, 0.1) is 5.92 Å². The number of rotatable bonds is 1. The van der Waals surface area contributed by atoms with Gasteiger partial charge in [0.05, 0.1) is 7.11 Å². The fourth-order valence-corrected chi connectivity index (χ4v) is 2.64. The Balaban J connectivity index is 1.94. The van der Waals surface area contributed by atoms with E-state index < -0.39 is 0 Å². The molecular formula is C10H17NO2. The minimum atomic E-state index is -0.0885. The van der Waals surface area contributed by atoms with Gasteiger partial charge in [-0.1, -0.05) is 12.8 Å². The van der Waals surface area contributed by atoms with Crippen molar-refractivity contribution in [2.45, 2.75) is 44.2 Å². The third-order valence-corrected chi connectivity index (χ3v) is 3.35. The highest BCUT2D eigenvalue weighted by Gasteiger charge is 2.38. The first kappa shape index (κ1) is 9.00. The molecule has 0 aromatic heterocycles. The number of hydrogen-bond donors (Lipinski definition) is 1. The van der Waals surface area contributed by atoms with Gasteiger partial charge in [-0.3, -0.25) is 4.79 Å². The molecule has 2 rings (SSSR count). The van der Waals surface area contributed by atoms with Crippen LogP contribution in [-0.2, 0) is 9.53 Å². The summed E-state index contributed by atoms with van der Waals surface area (Å²) in [4.78, 5) is 11.3. The van der Waals surface area contributed by atoms with Gasteiger partial charge in [-0.25, -0.2) is 0 Å². The topological polar surface area (TPSA) is 38.3 Å². The number of carbonyl (C=O) groups is 1. The van der Waals surface area contributed by atoms with E-state index in [-0.39, 0.29) is 12.0 Å². The van der Waals surface area contributed by atoms with Gasteiger partial charge in [0, 0.05) is 6.04 Å². The molecule has 1 N–H and O–H groups in total. The fourth-order valence-electron chi connectivity index (χ4n) is 2.64. The van der Waals surface area contributed by atoms with Gasteiger partial charge in [-0.05, 0) is 25.2 Å². The molecule has 13 heavy (non-hydrogen) atoms. The van der Waals surface area contributed by atoms with E-state index in [1.165, 1.54) is 32.8 Å². The van der Waals surface area contributed by atoms with Crippen LogP contribution in [0.1, 0.15) is 32.1 Å². The maximum atomic E-state index is 11.3. The molecule has 0 spiro atoms. The number of nitrogens with one attached hydrogen (secondary N) is 1. The monoisotopic (exact) mass is 183 g/mol. The summed E-state index contributed by atoms with van der Waals surface area (Å²) in [5, 5.41) is 3.37. The fraction of sp³-hybridized carbons (Fsp3) is 0.900. The molecule has 1 saturated carbocycles. The Morgan fingerprint density at radius 1 is 1.38 bits per heavy atom.